The molecule has 3 nitrogen and oxygen atoms in total. The molecular weight excluding hydrogens is 255 g/mol. The van der Waals surface area contributed by atoms with E-state index in [0.29, 0.717) is 5.56 Å². The first-order chi connectivity index (χ1) is 8.85. The Labute approximate surface area is 108 Å². The van der Waals surface area contributed by atoms with Crippen LogP contribution in [0, 0.1) is 0 Å². The van der Waals surface area contributed by atoms with E-state index in [1.807, 2.05) is 31.2 Å². The van der Waals surface area contributed by atoms with Crippen molar-refractivity contribution in [3.05, 3.63) is 42.2 Å². The average molecular weight is 269 g/mol. The zero-order chi connectivity index (χ0) is 14.0. The smallest absolute Gasteiger partial charge is 0.324 e. The Morgan fingerprint density at radius 3 is 2.37 bits per heavy atom. The summed E-state index contributed by atoms with van der Waals surface area (Å²) < 4.78 is 37.5. The van der Waals surface area contributed by atoms with Crippen LogP contribution in [0.15, 0.2) is 36.7 Å². The van der Waals surface area contributed by atoms with Crippen LogP contribution in [0.25, 0.3) is 11.1 Å². The molecule has 0 aliphatic carbocycles. The molecule has 102 valence electrons. The molecule has 1 aromatic heterocycles. The second-order valence-corrected chi connectivity index (χ2v) is 4.45. The Kier molecular flexibility index (Phi) is 3.61. The first-order valence-corrected chi connectivity index (χ1v) is 5.80. The van der Waals surface area contributed by atoms with E-state index in [1.165, 1.54) is 12.4 Å². The Morgan fingerprint density at radius 1 is 1.21 bits per heavy atom. The van der Waals surface area contributed by atoms with Crippen LogP contribution in [0.5, 0.6) is 0 Å². The molecule has 1 aromatic carbocycles. The molecule has 0 bridgehead atoms. The number of rotatable bonds is 3. The van der Waals surface area contributed by atoms with Gasteiger partial charge in [-0.1, -0.05) is 24.3 Å². The molecule has 0 radical (unpaired) electrons. The van der Waals surface area contributed by atoms with Crippen molar-refractivity contribution >= 4 is 0 Å². The predicted molar refractivity (Wildman–Crippen MR) is 66.3 cm³/mol. The van der Waals surface area contributed by atoms with Gasteiger partial charge in [0, 0.05) is 17.8 Å². The average Bonchev–Trinajstić information content (AvgIpc) is 2.75. The lowest BCUT2D eigenvalue weighted by Gasteiger charge is -2.06. The standard InChI is InChI=1S/C13H14F3N3/c1-9(17)10-2-4-11(5-3-10)12-6-18-19(7-12)8-13(14,15)16/h2-7,9H,8,17H2,1H3. The molecular formula is C13H14F3N3. The summed E-state index contributed by atoms with van der Waals surface area (Å²) in [5, 5.41) is 3.71. The predicted octanol–water partition coefficient (Wildman–Crippen LogP) is 3.13. The summed E-state index contributed by atoms with van der Waals surface area (Å²) in [6.45, 7) is 0.793. The normalized spacial score (nSPS) is 13.5. The van der Waals surface area contributed by atoms with Crippen molar-refractivity contribution < 1.29 is 13.2 Å². The lowest BCUT2D eigenvalue weighted by atomic mass is 10.0. The van der Waals surface area contributed by atoms with Crippen molar-refractivity contribution in [3.8, 4) is 11.1 Å². The molecule has 0 aliphatic heterocycles. The van der Waals surface area contributed by atoms with Crippen molar-refractivity contribution in [2.45, 2.75) is 25.7 Å². The summed E-state index contributed by atoms with van der Waals surface area (Å²) in [6.07, 6.45) is -1.46. The van der Waals surface area contributed by atoms with Crippen LogP contribution in [0.4, 0.5) is 13.2 Å². The summed E-state index contributed by atoms with van der Waals surface area (Å²) in [6, 6.07) is 7.31. The summed E-state index contributed by atoms with van der Waals surface area (Å²) in [5.41, 5.74) is 8.18. The quantitative estimate of drug-likeness (QED) is 0.930. The van der Waals surface area contributed by atoms with Gasteiger partial charge in [-0.2, -0.15) is 18.3 Å². The van der Waals surface area contributed by atoms with E-state index in [-0.39, 0.29) is 6.04 Å². The van der Waals surface area contributed by atoms with Gasteiger partial charge in [0.1, 0.15) is 6.54 Å². The monoisotopic (exact) mass is 269 g/mol. The molecule has 2 rings (SSSR count). The van der Waals surface area contributed by atoms with E-state index in [9.17, 15) is 13.2 Å². The molecule has 1 atom stereocenters. The van der Waals surface area contributed by atoms with Gasteiger partial charge in [-0.3, -0.25) is 4.68 Å². The molecule has 0 spiro atoms. The van der Waals surface area contributed by atoms with E-state index in [0.717, 1.165) is 15.8 Å². The Balaban J connectivity index is 2.18. The molecule has 19 heavy (non-hydrogen) atoms. The highest BCUT2D eigenvalue weighted by Gasteiger charge is 2.28. The zero-order valence-electron chi connectivity index (χ0n) is 10.4. The van der Waals surface area contributed by atoms with Crippen molar-refractivity contribution in [2.75, 3.05) is 0 Å². The SMILES string of the molecule is CC(N)c1ccc(-c2cnn(CC(F)(F)F)c2)cc1. The van der Waals surface area contributed by atoms with E-state index in [2.05, 4.69) is 5.10 Å². The minimum atomic E-state index is -4.26. The van der Waals surface area contributed by atoms with Crippen molar-refractivity contribution in [1.29, 1.82) is 0 Å². The topological polar surface area (TPSA) is 43.8 Å². The van der Waals surface area contributed by atoms with Gasteiger partial charge in [0.2, 0.25) is 0 Å². The number of aromatic nitrogens is 2. The van der Waals surface area contributed by atoms with Crippen LogP contribution in [-0.2, 0) is 6.54 Å². The third kappa shape index (κ3) is 3.57. The maximum absolute atomic E-state index is 12.2. The van der Waals surface area contributed by atoms with E-state index >= 15 is 0 Å². The van der Waals surface area contributed by atoms with Gasteiger partial charge in [-0.25, -0.2) is 0 Å². The molecule has 2 aromatic rings. The fraction of sp³-hybridized carbons (Fsp3) is 0.308. The number of hydrogen-bond acceptors (Lipinski definition) is 2. The molecule has 2 N–H and O–H groups in total. The molecule has 0 saturated carbocycles. The largest absolute Gasteiger partial charge is 0.408 e. The lowest BCUT2D eigenvalue weighted by molar-refractivity contribution is -0.142. The maximum atomic E-state index is 12.2. The van der Waals surface area contributed by atoms with Crippen molar-refractivity contribution in [2.24, 2.45) is 5.73 Å². The number of nitrogens with two attached hydrogens (primary N) is 1. The molecule has 1 unspecified atom stereocenters. The Morgan fingerprint density at radius 2 is 1.84 bits per heavy atom. The molecule has 1 heterocycles. The van der Waals surface area contributed by atoms with E-state index in [1.54, 1.807) is 0 Å². The molecule has 0 saturated heterocycles. The summed E-state index contributed by atoms with van der Waals surface area (Å²) in [5.74, 6) is 0. The van der Waals surface area contributed by atoms with Crippen molar-refractivity contribution in [1.82, 2.24) is 9.78 Å². The number of benzene rings is 1. The van der Waals surface area contributed by atoms with Gasteiger partial charge in [0.15, 0.2) is 0 Å². The van der Waals surface area contributed by atoms with E-state index < -0.39 is 12.7 Å². The Hall–Kier alpha value is -1.82. The third-order valence-corrected chi connectivity index (χ3v) is 2.74. The zero-order valence-corrected chi connectivity index (χ0v) is 10.4. The number of hydrogen-bond donors (Lipinski definition) is 1. The molecule has 0 amide bonds. The fourth-order valence-corrected chi connectivity index (χ4v) is 1.76. The molecule has 6 heteroatoms. The van der Waals surface area contributed by atoms with Gasteiger partial charge in [-0.05, 0) is 18.1 Å². The van der Waals surface area contributed by atoms with Gasteiger partial charge in [0.05, 0.1) is 6.20 Å². The van der Waals surface area contributed by atoms with Crippen LogP contribution in [0.3, 0.4) is 0 Å². The van der Waals surface area contributed by atoms with Crippen LogP contribution in [0.2, 0.25) is 0 Å². The van der Waals surface area contributed by atoms with Gasteiger partial charge in [-0.15, -0.1) is 0 Å². The third-order valence-electron chi connectivity index (χ3n) is 2.74. The fourth-order valence-electron chi connectivity index (χ4n) is 1.76. The van der Waals surface area contributed by atoms with Gasteiger partial charge >= 0.3 is 6.18 Å². The van der Waals surface area contributed by atoms with Gasteiger partial charge in [0.25, 0.3) is 0 Å². The Bertz CT molecular complexity index is 541. The van der Waals surface area contributed by atoms with Crippen LogP contribution >= 0.6 is 0 Å². The highest BCUT2D eigenvalue weighted by Crippen LogP contribution is 2.23. The number of nitrogens with zero attached hydrogens (tertiary/aromatic N) is 2. The first kappa shape index (κ1) is 13.6. The first-order valence-electron chi connectivity index (χ1n) is 5.80. The van der Waals surface area contributed by atoms with Crippen molar-refractivity contribution in [3.63, 3.8) is 0 Å². The highest BCUT2D eigenvalue weighted by atomic mass is 19.4. The van der Waals surface area contributed by atoms with Crippen LogP contribution in [0.1, 0.15) is 18.5 Å². The lowest BCUT2D eigenvalue weighted by Crippen LogP contribution is -2.17. The summed E-state index contributed by atoms with van der Waals surface area (Å²) >= 11 is 0. The molecule has 0 aliphatic rings. The summed E-state index contributed by atoms with van der Waals surface area (Å²) in [4.78, 5) is 0. The highest BCUT2D eigenvalue weighted by molar-refractivity contribution is 5.62. The summed E-state index contributed by atoms with van der Waals surface area (Å²) in [7, 11) is 0. The molecule has 0 fully saturated rings. The number of halogens is 3. The minimum Gasteiger partial charge on any atom is -0.324 e. The maximum Gasteiger partial charge on any atom is 0.408 e. The second-order valence-electron chi connectivity index (χ2n) is 4.45. The second kappa shape index (κ2) is 5.05. The van der Waals surface area contributed by atoms with Gasteiger partial charge < -0.3 is 5.73 Å². The van der Waals surface area contributed by atoms with Crippen LogP contribution < -0.4 is 5.73 Å². The van der Waals surface area contributed by atoms with Crippen LogP contribution in [-0.4, -0.2) is 16.0 Å². The minimum absolute atomic E-state index is 0.0676. The van der Waals surface area contributed by atoms with E-state index in [4.69, 9.17) is 5.73 Å². The number of alkyl halides is 3.